The third-order valence-electron chi connectivity index (χ3n) is 3.92. The van der Waals surface area contributed by atoms with Crippen molar-refractivity contribution in [3.63, 3.8) is 0 Å². The van der Waals surface area contributed by atoms with E-state index in [0.717, 1.165) is 38.5 Å². The Morgan fingerprint density at radius 1 is 1.04 bits per heavy atom. The first-order chi connectivity index (χ1) is 11.6. The molecule has 0 saturated heterocycles. The Bertz CT molecular complexity index is 467. The predicted molar refractivity (Wildman–Crippen MR) is 116 cm³/mol. The Morgan fingerprint density at radius 2 is 1.76 bits per heavy atom. The van der Waals surface area contributed by atoms with E-state index in [0.29, 0.717) is 13.2 Å². The van der Waals surface area contributed by atoms with Gasteiger partial charge in [-0.1, -0.05) is 44.2 Å². The molecule has 0 aliphatic rings. The largest absolute Gasteiger partial charge is 0.382 e. The monoisotopic (exact) mass is 463 g/mol. The number of guanidine groups is 1. The second kappa shape index (κ2) is 14.3. The summed E-state index contributed by atoms with van der Waals surface area (Å²) < 4.78 is 10.4. The van der Waals surface area contributed by atoms with Crippen molar-refractivity contribution in [3.8, 4) is 0 Å². The van der Waals surface area contributed by atoms with Crippen LogP contribution in [-0.4, -0.2) is 53.0 Å². The zero-order valence-corrected chi connectivity index (χ0v) is 18.3. The fourth-order valence-electron chi connectivity index (χ4n) is 2.30. The Kier molecular flexibility index (Phi) is 13.8. The highest BCUT2D eigenvalue weighted by Gasteiger charge is 2.20. The number of unbranched alkanes of at least 4 members (excludes halogenated alkanes) is 1. The summed E-state index contributed by atoms with van der Waals surface area (Å²) in [6.07, 6.45) is 2.08. The summed E-state index contributed by atoms with van der Waals surface area (Å²) in [4.78, 5) is 4.29. The summed E-state index contributed by atoms with van der Waals surface area (Å²) in [6, 6.07) is 10.5. The molecule has 2 N–H and O–H groups in total. The molecule has 0 aliphatic carbocycles. The highest BCUT2D eigenvalue weighted by Crippen LogP contribution is 2.21. The average molecular weight is 463 g/mol. The molecule has 5 nitrogen and oxygen atoms in total. The van der Waals surface area contributed by atoms with Crippen molar-refractivity contribution in [2.45, 2.75) is 32.1 Å². The van der Waals surface area contributed by atoms with E-state index in [4.69, 9.17) is 9.47 Å². The average Bonchev–Trinajstić information content (AvgIpc) is 2.60. The number of benzene rings is 1. The maximum atomic E-state index is 5.45. The van der Waals surface area contributed by atoms with Crippen LogP contribution in [0, 0.1) is 0 Å². The van der Waals surface area contributed by atoms with Crippen molar-refractivity contribution in [3.05, 3.63) is 35.9 Å². The SMILES string of the molecule is CN=C(NCCCCOCCOC)NCC(C)(C)c1ccccc1.I. The minimum absolute atomic E-state index is 0. The van der Waals surface area contributed by atoms with E-state index in [1.165, 1.54) is 5.56 Å². The Labute approximate surface area is 170 Å². The first-order valence-electron chi connectivity index (χ1n) is 8.67. The van der Waals surface area contributed by atoms with Crippen LogP contribution in [0.15, 0.2) is 35.3 Å². The van der Waals surface area contributed by atoms with Crippen LogP contribution in [0.5, 0.6) is 0 Å². The van der Waals surface area contributed by atoms with Gasteiger partial charge in [-0.2, -0.15) is 0 Å². The molecular weight excluding hydrogens is 429 g/mol. The summed E-state index contributed by atoms with van der Waals surface area (Å²) in [5.41, 5.74) is 1.37. The third kappa shape index (κ3) is 10.7. The molecule has 0 saturated carbocycles. The lowest BCUT2D eigenvalue weighted by Gasteiger charge is -2.26. The van der Waals surface area contributed by atoms with E-state index in [2.05, 4.69) is 53.7 Å². The van der Waals surface area contributed by atoms with Crippen LogP contribution < -0.4 is 10.6 Å². The van der Waals surface area contributed by atoms with Crippen LogP contribution in [0.3, 0.4) is 0 Å². The Morgan fingerprint density at radius 3 is 2.40 bits per heavy atom. The first kappa shape index (κ1) is 24.1. The molecule has 25 heavy (non-hydrogen) atoms. The molecule has 0 atom stereocenters. The zero-order chi connectivity index (χ0) is 17.7. The zero-order valence-electron chi connectivity index (χ0n) is 16.0. The van der Waals surface area contributed by atoms with Crippen molar-refractivity contribution in [2.24, 2.45) is 4.99 Å². The second-order valence-electron chi connectivity index (χ2n) is 6.41. The number of nitrogens with one attached hydrogen (secondary N) is 2. The molecule has 0 fully saturated rings. The normalized spacial score (nSPS) is 11.8. The highest BCUT2D eigenvalue weighted by molar-refractivity contribution is 14.0. The summed E-state index contributed by atoms with van der Waals surface area (Å²) in [5, 5.41) is 6.77. The molecule has 0 aliphatic heterocycles. The number of nitrogens with zero attached hydrogens (tertiary/aromatic N) is 1. The van der Waals surface area contributed by atoms with Gasteiger partial charge in [-0.05, 0) is 18.4 Å². The topological polar surface area (TPSA) is 54.9 Å². The summed E-state index contributed by atoms with van der Waals surface area (Å²) in [7, 11) is 3.49. The third-order valence-corrected chi connectivity index (χ3v) is 3.92. The summed E-state index contributed by atoms with van der Waals surface area (Å²) in [5.74, 6) is 0.847. The molecular formula is C19H34IN3O2. The quantitative estimate of drug-likeness (QED) is 0.229. The number of aliphatic imine (C=N–C) groups is 1. The van der Waals surface area contributed by atoms with Gasteiger partial charge in [-0.3, -0.25) is 4.99 Å². The maximum Gasteiger partial charge on any atom is 0.191 e. The fourth-order valence-corrected chi connectivity index (χ4v) is 2.30. The number of halogens is 1. The van der Waals surface area contributed by atoms with Gasteiger partial charge in [0, 0.05) is 39.3 Å². The molecule has 0 heterocycles. The smallest absolute Gasteiger partial charge is 0.191 e. The molecule has 1 rings (SSSR count). The Hall–Kier alpha value is -0.860. The fraction of sp³-hybridized carbons (Fsp3) is 0.632. The van der Waals surface area contributed by atoms with Gasteiger partial charge in [0.1, 0.15) is 0 Å². The lowest BCUT2D eigenvalue weighted by atomic mass is 9.85. The number of methoxy groups -OCH3 is 1. The van der Waals surface area contributed by atoms with Gasteiger partial charge in [0.05, 0.1) is 13.2 Å². The number of ether oxygens (including phenoxy) is 2. The van der Waals surface area contributed by atoms with Crippen molar-refractivity contribution < 1.29 is 9.47 Å². The molecule has 0 spiro atoms. The van der Waals surface area contributed by atoms with E-state index in [1.807, 2.05) is 6.07 Å². The van der Waals surface area contributed by atoms with Gasteiger partial charge in [0.25, 0.3) is 0 Å². The van der Waals surface area contributed by atoms with Crippen LogP contribution in [0.2, 0.25) is 0 Å². The van der Waals surface area contributed by atoms with Gasteiger partial charge in [0.15, 0.2) is 5.96 Å². The number of hydrogen-bond acceptors (Lipinski definition) is 3. The minimum atomic E-state index is 0. The predicted octanol–water partition coefficient (Wildman–Crippen LogP) is 3.19. The van der Waals surface area contributed by atoms with Crippen molar-refractivity contribution in [1.82, 2.24) is 10.6 Å². The second-order valence-corrected chi connectivity index (χ2v) is 6.41. The van der Waals surface area contributed by atoms with E-state index in [-0.39, 0.29) is 29.4 Å². The number of hydrogen-bond donors (Lipinski definition) is 2. The number of rotatable bonds is 11. The highest BCUT2D eigenvalue weighted by atomic mass is 127. The molecule has 144 valence electrons. The van der Waals surface area contributed by atoms with E-state index in [9.17, 15) is 0 Å². The lowest BCUT2D eigenvalue weighted by molar-refractivity contribution is 0.0689. The van der Waals surface area contributed by atoms with Gasteiger partial charge >= 0.3 is 0 Å². The van der Waals surface area contributed by atoms with E-state index < -0.39 is 0 Å². The van der Waals surface area contributed by atoms with Gasteiger partial charge < -0.3 is 20.1 Å². The first-order valence-corrected chi connectivity index (χ1v) is 8.67. The Balaban J connectivity index is 0.00000576. The molecule has 1 aromatic carbocycles. The standard InChI is InChI=1S/C19H33N3O2.HI/c1-19(2,17-10-6-5-7-11-17)16-22-18(20-3)21-12-8-9-13-24-15-14-23-4;/h5-7,10-11H,8-9,12-16H2,1-4H3,(H2,20,21,22);1H. The molecule has 0 bridgehead atoms. The van der Waals surface area contributed by atoms with Gasteiger partial charge in [-0.25, -0.2) is 0 Å². The van der Waals surface area contributed by atoms with Crippen LogP contribution in [0.4, 0.5) is 0 Å². The molecule has 1 aromatic rings. The van der Waals surface area contributed by atoms with E-state index >= 15 is 0 Å². The maximum absolute atomic E-state index is 5.45. The van der Waals surface area contributed by atoms with Crippen LogP contribution >= 0.6 is 24.0 Å². The molecule has 0 aromatic heterocycles. The van der Waals surface area contributed by atoms with Crippen molar-refractivity contribution in [2.75, 3.05) is 47.1 Å². The van der Waals surface area contributed by atoms with Crippen LogP contribution in [0.25, 0.3) is 0 Å². The lowest BCUT2D eigenvalue weighted by Crippen LogP contribution is -2.43. The van der Waals surface area contributed by atoms with Gasteiger partial charge in [-0.15, -0.1) is 24.0 Å². The van der Waals surface area contributed by atoms with Crippen LogP contribution in [0.1, 0.15) is 32.3 Å². The molecule has 0 unspecified atom stereocenters. The summed E-state index contributed by atoms with van der Waals surface area (Å²) >= 11 is 0. The van der Waals surface area contributed by atoms with Crippen molar-refractivity contribution in [1.29, 1.82) is 0 Å². The van der Waals surface area contributed by atoms with E-state index in [1.54, 1.807) is 14.2 Å². The molecule has 6 heteroatoms. The van der Waals surface area contributed by atoms with Crippen LogP contribution in [-0.2, 0) is 14.9 Å². The van der Waals surface area contributed by atoms with Gasteiger partial charge in [0.2, 0.25) is 0 Å². The molecule has 0 amide bonds. The van der Waals surface area contributed by atoms with Crippen molar-refractivity contribution >= 4 is 29.9 Å². The molecule has 0 radical (unpaired) electrons. The summed E-state index contributed by atoms with van der Waals surface area (Å²) in [6.45, 7) is 8.29. The minimum Gasteiger partial charge on any atom is -0.382 e.